The van der Waals surface area contributed by atoms with Crippen LogP contribution in [0.3, 0.4) is 0 Å². The Morgan fingerprint density at radius 2 is 1.29 bits per heavy atom. The first-order valence-electron chi connectivity index (χ1n) is 11.0. The van der Waals surface area contributed by atoms with Crippen molar-refractivity contribution in [3.63, 3.8) is 0 Å². The van der Waals surface area contributed by atoms with Gasteiger partial charge in [-0.05, 0) is 65.4 Å². The van der Waals surface area contributed by atoms with E-state index in [1.165, 1.54) is 7.11 Å². The number of aliphatic imine (C=N–C) groups is 1. The minimum atomic E-state index is -0.362. The van der Waals surface area contributed by atoms with Crippen molar-refractivity contribution in [2.45, 2.75) is 20.0 Å². The fraction of sp³-hybridized carbons (Fsp3) is 0.259. The van der Waals surface area contributed by atoms with Gasteiger partial charge in [-0.2, -0.15) is 0 Å². The first-order chi connectivity index (χ1) is 16.6. The Labute approximate surface area is 205 Å². The van der Waals surface area contributed by atoms with E-state index < -0.39 is 0 Å². The molecule has 0 bridgehead atoms. The van der Waals surface area contributed by atoms with E-state index in [9.17, 15) is 4.79 Å². The molecule has 0 fully saturated rings. The zero-order valence-electron chi connectivity index (χ0n) is 20.0. The van der Waals surface area contributed by atoms with Gasteiger partial charge >= 0.3 is 5.97 Å². The molecule has 178 valence electrons. The third kappa shape index (κ3) is 7.02. The van der Waals surface area contributed by atoms with Crippen molar-refractivity contribution >= 4 is 28.6 Å². The van der Waals surface area contributed by atoms with Gasteiger partial charge in [0.15, 0.2) is 5.17 Å². The number of hydrogen-bond donors (Lipinski definition) is 0. The second-order valence-electron chi connectivity index (χ2n) is 7.42. The lowest BCUT2D eigenvalue weighted by Crippen LogP contribution is -2.28. The predicted molar refractivity (Wildman–Crippen MR) is 138 cm³/mol. The molecule has 0 heterocycles. The molecule has 6 nitrogen and oxygen atoms in total. The molecule has 0 saturated carbocycles. The number of methoxy groups -OCH3 is 3. The van der Waals surface area contributed by atoms with Crippen molar-refractivity contribution in [1.82, 2.24) is 4.90 Å². The number of amidine groups is 1. The average molecular weight is 479 g/mol. The molecule has 0 spiro atoms. The molecule has 0 radical (unpaired) electrons. The lowest BCUT2D eigenvalue weighted by atomic mass is 10.1. The summed E-state index contributed by atoms with van der Waals surface area (Å²) in [7, 11) is 4.71. The molecule has 3 rings (SSSR count). The van der Waals surface area contributed by atoms with Crippen LogP contribution in [0.1, 0.15) is 28.4 Å². The van der Waals surface area contributed by atoms with E-state index in [1.54, 1.807) is 38.1 Å². The highest BCUT2D eigenvalue weighted by atomic mass is 32.2. The number of carbonyl (C=O) groups is 1. The summed E-state index contributed by atoms with van der Waals surface area (Å²) in [5.41, 5.74) is 3.58. The molecular weight excluding hydrogens is 448 g/mol. The number of nitrogens with zero attached hydrogens (tertiary/aromatic N) is 2. The summed E-state index contributed by atoms with van der Waals surface area (Å²) in [6.45, 7) is 3.48. The zero-order valence-corrected chi connectivity index (χ0v) is 20.8. The number of benzene rings is 3. The molecule has 0 N–H and O–H groups in total. The average Bonchev–Trinajstić information content (AvgIpc) is 2.89. The molecule has 0 saturated heterocycles. The highest BCUT2D eigenvalue weighted by Gasteiger charge is 2.15. The van der Waals surface area contributed by atoms with E-state index in [4.69, 9.17) is 19.2 Å². The maximum atomic E-state index is 11.8. The summed E-state index contributed by atoms with van der Waals surface area (Å²) >= 11 is 1.68. The standard InChI is InChI=1S/C27H30N2O4S/c1-5-34-27(28-23-12-10-22(11-13-23)26(30)33-4)29(18-20-6-14-24(31-2)15-7-20)19-21-8-16-25(32-3)17-9-21/h6-17H,5,18-19H2,1-4H3. The van der Waals surface area contributed by atoms with E-state index in [2.05, 4.69) is 36.1 Å². The molecule has 34 heavy (non-hydrogen) atoms. The van der Waals surface area contributed by atoms with Gasteiger partial charge in [-0.25, -0.2) is 9.79 Å². The summed E-state index contributed by atoms with van der Waals surface area (Å²) < 4.78 is 15.4. The number of esters is 1. The topological polar surface area (TPSA) is 60.4 Å². The Balaban J connectivity index is 1.92. The molecule has 0 aliphatic carbocycles. The maximum absolute atomic E-state index is 11.8. The van der Waals surface area contributed by atoms with Crippen molar-refractivity contribution in [1.29, 1.82) is 0 Å². The summed E-state index contributed by atoms with van der Waals surface area (Å²) in [4.78, 5) is 19.0. The largest absolute Gasteiger partial charge is 0.497 e. The smallest absolute Gasteiger partial charge is 0.337 e. The van der Waals surface area contributed by atoms with Crippen LogP contribution in [0.2, 0.25) is 0 Å². The Hall–Kier alpha value is -3.45. The lowest BCUT2D eigenvalue weighted by molar-refractivity contribution is 0.0601. The molecule has 3 aromatic carbocycles. The predicted octanol–water partition coefficient (Wildman–Crippen LogP) is 5.93. The van der Waals surface area contributed by atoms with Crippen molar-refractivity contribution in [3.05, 3.63) is 89.5 Å². The highest BCUT2D eigenvalue weighted by Crippen LogP contribution is 2.23. The van der Waals surface area contributed by atoms with Crippen LogP contribution >= 0.6 is 11.8 Å². The molecular formula is C27H30N2O4S. The second-order valence-corrected chi connectivity index (χ2v) is 8.65. The van der Waals surface area contributed by atoms with Crippen LogP contribution in [-0.2, 0) is 17.8 Å². The van der Waals surface area contributed by atoms with Crippen LogP contribution in [0.4, 0.5) is 5.69 Å². The van der Waals surface area contributed by atoms with Gasteiger partial charge in [0.05, 0.1) is 32.6 Å². The second kappa shape index (κ2) is 12.7. The van der Waals surface area contributed by atoms with Crippen LogP contribution in [0.25, 0.3) is 0 Å². The summed E-state index contributed by atoms with van der Waals surface area (Å²) in [6, 6.07) is 23.3. The molecule has 0 unspecified atom stereocenters. The van der Waals surface area contributed by atoms with Gasteiger partial charge in [0.2, 0.25) is 0 Å². The van der Waals surface area contributed by atoms with Crippen LogP contribution in [-0.4, -0.2) is 43.1 Å². The zero-order chi connectivity index (χ0) is 24.3. The third-order valence-corrected chi connectivity index (χ3v) is 6.02. The maximum Gasteiger partial charge on any atom is 0.337 e. The van der Waals surface area contributed by atoms with Crippen LogP contribution in [0, 0.1) is 0 Å². The van der Waals surface area contributed by atoms with E-state index in [0.717, 1.165) is 39.2 Å². The Bertz CT molecular complexity index is 1030. The number of thioether (sulfide) groups is 1. The quantitative estimate of drug-likeness (QED) is 0.216. The van der Waals surface area contributed by atoms with Crippen molar-refractivity contribution in [3.8, 4) is 11.5 Å². The molecule has 7 heteroatoms. The van der Waals surface area contributed by atoms with Gasteiger partial charge < -0.3 is 19.1 Å². The number of hydrogen-bond acceptors (Lipinski definition) is 6. The van der Waals surface area contributed by atoms with Gasteiger partial charge in [-0.3, -0.25) is 0 Å². The fourth-order valence-electron chi connectivity index (χ4n) is 3.32. The summed E-state index contributed by atoms with van der Waals surface area (Å²) in [5, 5.41) is 0.903. The van der Waals surface area contributed by atoms with E-state index >= 15 is 0 Å². The van der Waals surface area contributed by atoms with Crippen molar-refractivity contribution in [2.24, 2.45) is 4.99 Å². The van der Waals surface area contributed by atoms with E-state index in [-0.39, 0.29) is 5.97 Å². The number of rotatable bonds is 9. The van der Waals surface area contributed by atoms with E-state index in [1.807, 2.05) is 36.4 Å². The first-order valence-corrected chi connectivity index (χ1v) is 12.0. The Morgan fingerprint density at radius 3 is 1.71 bits per heavy atom. The Kier molecular flexibility index (Phi) is 9.40. The highest BCUT2D eigenvalue weighted by molar-refractivity contribution is 8.13. The fourth-order valence-corrected chi connectivity index (χ4v) is 4.06. The van der Waals surface area contributed by atoms with Gasteiger partial charge in [0.25, 0.3) is 0 Å². The normalized spacial score (nSPS) is 11.1. The molecule has 0 aliphatic heterocycles. The van der Waals surface area contributed by atoms with E-state index in [0.29, 0.717) is 18.7 Å². The lowest BCUT2D eigenvalue weighted by Gasteiger charge is -2.26. The Morgan fingerprint density at radius 1 is 0.794 bits per heavy atom. The SMILES string of the molecule is CCSC(=Nc1ccc(C(=O)OC)cc1)N(Cc1ccc(OC)cc1)Cc1ccc(OC)cc1. The minimum Gasteiger partial charge on any atom is -0.497 e. The van der Waals surface area contributed by atoms with Gasteiger partial charge in [0, 0.05) is 13.1 Å². The summed E-state index contributed by atoms with van der Waals surface area (Å²) in [6.07, 6.45) is 0. The van der Waals surface area contributed by atoms with Crippen molar-refractivity contribution < 1.29 is 19.0 Å². The van der Waals surface area contributed by atoms with Crippen LogP contribution in [0.5, 0.6) is 11.5 Å². The van der Waals surface area contributed by atoms with Gasteiger partial charge in [-0.15, -0.1) is 0 Å². The summed E-state index contributed by atoms with van der Waals surface area (Å²) in [5.74, 6) is 2.17. The molecule has 3 aromatic rings. The minimum absolute atomic E-state index is 0.362. The molecule has 0 aromatic heterocycles. The number of carbonyl (C=O) groups excluding carboxylic acids is 1. The third-order valence-electron chi connectivity index (χ3n) is 5.12. The number of ether oxygens (including phenoxy) is 3. The van der Waals surface area contributed by atoms with Gasteiger partial charge in [-0.1, -0.05) is 43.0 Å². The molecule has 0 amide bonds. The van der Waals surface area contributed by atoms with Crippen LogP contribution < -0.4 is 9.47 Å². The molecule has 0 atom stereocenters. The first kappa shape index (κ1) is 25.2. The van der Waals surface area contributed by atoms with Crippen LogP contribution in [0.15, 0.2) is 77.8 Å². The monoisotopic (exact) mass is 478 g/mol. The van der Waals surface area contributed by atoms with Crippen molar-refractivity contribution in [2.75, 3.05) is 27.1 Å². The van der Waals surface area contributed by atoms with Gasteiger partial charge in [0.1, 0.15) is 11.5 Å². The molecule has 0 aliphatic rings.